The molecule has 22 heavy (non-hydrogen) atoms. The van der Waals surface area contributed by atoms with E-state index in [-0.39, 0.29) is 11.1 Å². The first-order valence-electron chi connectivity index (χ1n) is 6.56. The third-order valence-electron chi connectivity index (χ3n) is 3.19. The second kappa shape index (κ2) is 6.26. The Morgan fingerprint density at radius 2 is 2.09 bits per heavy atom. The van der Waals surface area contributed by atoms with Crippen LogP contribution in [-0.2, 0) is 11.8 Å². The second-order valence-electron chi connectivity index (χ2n) is 4.77. The molecule has 0 unspecified atom stereocenters. The number of rotatable bonds is 4. The lowest BCUT2D eigenvalue weighted by atomic mass is 10.1. The van der Waals surface area contributed by atoms with Crippen LogP contribution in [0.15, 0.2) is 35.1 Å². The van der Waals surface area contributed by atoms with E-state index in [1.54, 1.807) is 13.2 Å². The van der Waals surface area contributed by atoms with Crippen LogP contribution < -0.4 is 10.3 Å². The zero-order chi connectivity index (χ0) is 16.3. The van der Waals surface area contributed by atoms with Gasteiger partial charge in [0.2, 0.25) is 0 Å². The number of carbonyl (C=O) groups is 1. The van der Waals surface area contributed by atoms with Gasteiger partial charge in [-0.3, -0.25) is 4.79 Å². The monoisotopic (exact) mass is 300 g/mol. The summed E-state index contributed by atoms with van der Waals surface area (Å²) in [6, 6.07) is 7.13. The van der Waals surface area contributed by atoms with E-state index < -0.39 is 5.97 Å². The fraction of sp³-hybridized carbons (Fsp3) is 0.188. The van der Waals surface area contributed by atoms with Gasteiger partial charge in [-0.2, -0.15) is 5.10 Å². The van der Waals surface area contributed by atoms with Crippen LogP contribution >= 0.6 is 0 Å². The minimum absolute atomic E-state index is 0.267. The molecule has 2 aromatic rings. The SMILES string of the molecule is COc1ccc(-c2cc(/C=C/C(=O)O)c(=O)n(C)n2)cc1C. The van der Waals surface area contributed by atoms with Gasteiger partial charge in [0.05, 0.1) is 12.8 Å². The molecular weight excluding hydrogens is 284 g/mol. The number of methoxy groups -OCH3 is 1. The number of ether oxygens (including phenoxy) is 1. The molecule has 6 heteroatoms. The van der Waals surface area contributed by atoms with Crippen LogP contribution in [0.5, 0.6) is 5.75 Å². The van der Waals surface area contributed by atoms with Gasteiger partial charge in [0.25, 0.3) is 5.56 Å². The van der Waals surface area contributed by atoms with Gasteiger partial charge in [-0.1, -0.05) is 0 Å². The van der Waals surface area contributed by atoms with Crippen LogP contribution in [0.4, 0.5) is 0 Å². The quantitative estimate of drug-likeness (QED) is 0.872. The van der Waals surface area contributed by atoms with Crippen LogP contribution in [-0.4, -0.2) is 28.0 Å². The van der Waals surface area contributed by atoms with Crippen molar-refractivity contribution in [3.8, 4) is 17.0 Å². The summed E-state index contributed by atoms with van der Waals surface area (Å²) in [7, 11) is 3.13. The molecule has 0 aliphatic carbocycles. The minimum Gasteiger partial charge on any atom is -0.496 e. The van der Waals surface area contributed by atoms with Crippen molar-refractivity contribution in [2.75, 3.05) is 7.11 Å². The Bertz CT molecular complexity index is 806. The Labute approximate surface area is 127 Å². The molecule has 0 bridgehead atoms. The maximum absolute atomic E-state index is 12.0. The third-order valence-corrected chi connectivity index (χ3v) is 3.19. The summed E-state index contributed by atoms with van der Waals surface area (Å²) in [5, 5.41) is 12.9. The molecule has 0 amide bonds. The van der Waals surface area contributed by atoms with E-state index in [2.05, 4.69) is 5.10 Å². The number of aromatic nitrogens is 2. The highest BCUT2D eigenvalue weighted by Gasteiger charge is 2.08. The van der Waals surface area contributed by atoms with Crippen LogP contribution in [0.25, 0.3) is 17.3 Å². The van der Waals surface area contributed by atoms with Crippen LogP contribution in [0.2, 0.25) is 0 Å². The Morgan fingerprint density at radius 3 is 2.68 bits per heavy atom. The van der Waals surface area contributed by atoms with E-state index in [1.165, 1.54) is 17.8 Å². The topological polar surface area (TPSA) is 81.4 Å². The van der Waals surface area contributed by atoms with Crippen molar-refractivity contribution in [2.24, 2.45) is 7.05 Å². The molecular formula is C16H16N2O4. The van der Waals surface area contributed by atoms with E-state index in [4.69, 9.17) is 9.84 Å². The van der Waals surface area contributed by atoms with E-state index in [0.717, 1.165) is 23.0 Å². The lowest BCUT2D eigenvalue weighted by Gasteiger charge is -2.09. The molecule has 0 aliphatic rings. The zero-order valence-electron chi connectivity index (χ0n) is 12.5. The van der Waals surface area contributed by atoms with Crippen molar-refractivity contribution < 1.29 is 14.6 Å². The van der Waals surface area contributed by atoms with Crippen molar-refractivity contribution in [1.82, 2.24) is 9.78 Å². The predicted octanol–water partition coefficient (Wildman–Crippen LogP) is 1.86. The van der Waals surface area contributed by atoms with Gasteiger partial charge in [-0.25, -0.2) is 9.48 Å². The normalized spacial score (nSPS) is 10.9. The minimum atomic E-state index is -1.11. The molecule has 0 saturated heterocycles. The number of aryl methyl sites for hydroxylation is 2. The first-order chi connectivity index (χ1) is 10.4. The highest BCUT2D eigenvalue weighted by Crippen LogP contribution is 2.24. The Morgan fingerprint density at radius 1 is 1.36 bits per heavy atom. The fourth-order valence-electron chi connectivity index (χ4n) is 2.09. The molecule has 1 heterocycles. The molecule has 0 spiro atoms. The predicted molar refractivity (Wildman–Crippen MR) is 82.9 cm³/mol. The van der Waals surface area contributed by atoms with Crippen LogP contribution in [0, 0.1) is 6.92 Å². The summed E-state index contributed by atoms with van der Waals surface area (Å²) in [6.07, 6.45) is 2.20. The van der Waals surface area contributed by atoms with Gasteiger partial charge in [0.1, 0.15) is 5.75 Å². The molecule has 0 atom stereocenters. The summed E-state index contributed by atoms with van der Waals surface area (Å²) < 4.78 is 6.41. The molecule has 0 aliphatic heterocycles. The lowest BCUT2D eigenvalue weighted by molar-refractivity contribution is -0.131. The van der Waals surface area contributed by atoms with Crippen LogP contribution in [0.3, 0.4) is 0 Å². The van der Waals surface area contributed by atoms with Gasteiger partial charge in [-0.15, -0.1) is 0 Å². The van der Waals surface area contributed by atoms with Gasteiger partial charge < -0.3 is 9.84 Å². The van der Waals surface area contributed by atoms with Gasteiger partial charge in [-0.05, 0) is 42.8 Å². The Balaban J connectivity index is 2.54. The van der Waals surface area contributed by atoms with Crippen molar-refractivity contribution in [2.45, 2.75) is 6.92 Å². The number of aliphatic carboxylic acids is 1. The number of hydrogen-bond acceptors (Lipinski definition) is 4. The number of nitrogens with zero attached hydrogens (tertiary/aromatic N) is 2. The maximum atomic E-state index is 12.0. The van der Waals surface area contributed by atoms with E-state index >= 15 is 0 Å². The molecule has 1 N–H and O–H groups in total. The molecule has 1 aromatic carbocycles. The van der Waals surface area contributed by atoms with Gasteiger partial charge >= 0.3 is 5.97 Å². The first-order valence-corrected chi connectivity index (χ1v) is 6.56. The second-order valence-corrected chi connectivity index (χ2v) is 4.77. The van der Waals surface area contributed by atoms with Crippen molar-refractivity contribution >= 4 is 12.0 Å². The highest BCUT2D eigenvalue weighted by molar-refractivity contribution is 5.85. The fourth-order valence-corrected chi connectivity index (χ4v) is 2.09. The summed E-state index contributed by atoms with van der Waals surface area (Å²) in [6.45, 7) is 1.91. The number of carboxylic acid groups (broad SMARTS) is 1. The summed E-state index contributed by atoms with van der Waals surface area (Å²) >= 11 is 0. The molecule has 0 radical (unpaired) electrons. The van der Waals surface area contributed by atoms with Crippen molar-refractivity contribution in [3.63, 3.8) is 0 Å². The molecule has 2 rings (SSSR count). The first kappa shape index (κ1) is 15.5. The zero-order valence-corrected chi connectivity index (χ0v) is 12.5. The summed E-state index contributed by atoms with van der Waals surface area (Å²) in [5.41, 5.74) is 2.25. The highest BCUT2D eigenvalue weighted by atomic mass is 16.5. The maximum Gasteiger partial charge on any atom is 0.328 e. The molecule has 114 valence electrons. The average molecular weight is 300 g/mol. The largest absolute Gasteiger partial charge is 0.496 e. The number of benzene rings is 1. The van der Waals surface area contributed by atoms with Gasteiger partial charge in [0, 0.05) is 24.3 Å². The smallest absolute Gasteiger partial charge is 0.328 e. The number of carboxylic acids is 1. The Kier molecular flexibility index (Phi) is 4.41. The number of hydrogen-bond donors (Lipinski definition) is 1. The molecule has 6 nitrogen and oxygen atoms in total. The standard InChI is InChI=1S/C16H16N2O4/c1-10-8-11(4-6-14(10)22-3)13-9-12(5-7-15(19)20)16(21)18(2)17-13/h4-9H,1-3H3,(H,19,20)/b7-5+. The summed E-state index contributed by atoms with van der Waals surface area (Å²) in [4.78, 5) is 22.6. The van der Waals surface area contributed by atoms with Crippen molar-refractivity contribution in [1.29, 1.82) is 0 Å². The average Bonchev–Trinajstić information content (AvgIpc) is 2.48. The van der Waals surface area contributed by atoms with E-state index in [9.17, 15) is 9.59 Å². The third kappa shape index (κ3) is 3.22. The van der Waals surface area contributed by atoms with Crippen LogP contribution in [0.1, 0.15) is 11.1 Å². The molecule has 1 aromatic heterocycles. The van der Waals surface area contributed by atoms with Crippen molar-refractivity contribution in [3.05, 3.63) is 51.8 Å². The molecule has 0 saturated carbocycles. The Hall–Kier alpha value is -2.89. The van der Waals surface area contributed by atoms with Gasteiger partial charge in [0.15, 0.2) is 0 Å². The lowest BCUT2D eigenvalue weighted by Crippen LogP contribution is -2.22. The summed E-state index contributed by atoms with van der Waals surface area (Å²) in [5.74, 6) is -0.347. The van der Waals surface area contributed by atoms with E-state index in [1.807, 2.05) is 25.1 Å². The molecule has 0 fully saturated rings. The van der Waals surface area contributed by atoms with E-state index in [0.29, 0.717) is 5.69 Å².